The Morgan fingerprint density at radius 1 is 1.16 bits per heavy atom. The molecular formula is C33H30FN5O4. The van der Waals surface area contributed by atoms with Gasteiger partial charge in [0, 0.05) is 31.3 Å². The number of hydrogen-bond donors (Lipinski definition) is 1. The Morgan fingerprint density at radius 3 is 2.79 bits per heavy atom. The number of carboxylic acid groups (broad SMARTS) is 1. The van der Waals surface area contributed by atoms with Gasteiger partial charge in [-0.3, -0.25) is 4.90 Å². The van der Waals surface area contributed by atoms with Gasteiger partial charge in [0.25, 0.3) is 0 Å². The van der Waals surface area contributed by atoms with Crippen LogP contribution in [0.25, 0.3) is 16.6 Å². The molecule has 4 aromatic rings. The van der Waals surface area contributed by atoms with Crippen molar-refractivity contribution < 1.29 is 23.8 Å². The zero-order chi connectivity index (χ0) is 29.5. The van der Waals surface area contributed by atoms with E-state index in [2.05, 4.69) is 15.5 Å². The molecular weight excluding hydrogens is 549 g/mol. The summed E-state index contributed by atoms with van der Waals surface area (Å²) in [7, 11) is 0. The Bertz CT molecular complexity index is 1790. The predicted molar refractivity (Wildman–Crippen MR) is 156 cm³/mol. The first kappa shape index (κ1) is 27.3. The van der Waals surface area contributed by atoms with E-state index in [9.17, 15) is 14.3 Å². The van der Waals surface area contributed by atoms with E-state index in [-0.39, 0.29) is 23.8 Å². The number of aromatic carboxylic acids is 1. The highest BCUT2D eigenvalue weighted by molar-refractivity contribution is 5.92. The topological polar surface area (TPSA) is 114 Å². The smallest absolute Gasteiger partial charge is 0.335 e. The van der Waals surface area contributed by atoms with Crippen LogP contribution in [-0.4, -0.2) is 56.3 Å². The second kappa shape index (κ2) is 11.2. The van der Waals surface area contributed by atoms with Crippen molar-refractivity contribution in [2.45, 2.75) is 38.6 Å². The third-order valence-electron chi connectivity index (χ3n) is 8.69. The molecule has 218 valence electrons. The molecule has 0 amide bonds. The largest absolute Gasteiger partial charge is 0.478 e. The molecule has 2 aromatic carbocycles. The average molecular weight is 580 g/mol. The van der Waals surface area contributed by atoms with Crippen molar-refractivity contribution in [3.63, 3.8) is 0 Å². The quantitative estimate of drug-likeness (QED) is 0.293. The standard InChI is InChI=1S/C33H30FN5O4/c34-27-10-20(14-35)4-5-22(27)19-43-32-3-1-2-28(37-32)23-11-24-15-38(16-25(24)12-23)18-31-36-29-7-6-21(33(40)41)13-30(29)39(31)17-26-8-9-42-26/h1-7,10-11,13,24-26H,8-9,12,15-19H2,(H,40,41)/t24?,25?,26-/m0/s1. The summed E-state index contributed by atoms with van der Waals surface area (Å²) in [5.74, 6) is 0.825. The number of nitrogens with zero attached hydrogens (tertiary/aromatic N) is 5. The fourth-order valence-corrected chi connectivity index (χ4v) is 6.34. The first-order valence-electron chi connectivity index (χ1n) is 14.5. The number of aromatic nitrogens is 3. The summed E-state index contributed by atoms with van der Waals surface area (Å²) in [4.78, 5) is 23.6. The van der Waals surface area contributed by atoms with Gasteiger partial charge in [-0.1, -0.05) is 18.2 Å². The Labute approximate surface area is 247 Å². The van der Waals surface area contributed by atoms with Crippen molar-refractivity contribution in [1.82, 2.24) is 19.4 Å². The van der Waals surface area contributed by atoms with Gasteiger partial charge in [0.05, 0.1) is 53.1 Å². The number of carbonyl (C=O) groups is 1. The van der Waals surface area contributed by atoms with E-state index in [1.54, 1.807) is 36.4 Å². The fourth-order valence-electron chi connectivity index (χ4n) is 6.34. The molecule has 10 heteroatoms. The van der Waals surface area contributed by atoms with Crippen molar-refractivity contribution in [2.75, 3.05) is 19.7 Å². The first-order chi connectivity index (χ1) is 20.9. The molecule has 2 unspecified atom stereocenters. The number of ether oxygens (including phenoxy) is 2. The highest BCUT2D eigenvalue weighted by Gasteiger charge is 2.37. The van der Waals surface area contributed by atoms with Crippen LogP contribution in [0.5, 0.6) is 5.88 Å². The molecule has 3 atom stereocenters. The van der Waals surface area contributed by atoms with Gasteiger partial charge in [-0.2, -0.15) is 5.26 Å². The van der Waals surface area contributed by atoms with E-state index in [0.29, 0.717) is 36.4 Å². The Kier molecular flexibility index (Phi) is 7.13. The van der Waals surface area contributed by atoms with E-state index in [1.807, 2.05) is 18.2 Å². The number of fused-ring (bicyclic) bond motifs is 2. The Balaban J connectivity index is 1.03. The minimum Gasteiger partial charge on any atom is -0.478 e. The number of carboxylic acids is 1. The molecule has 0 radical (unpaired) electrons. The number of imidazole rings is 1. The molecule has 1 N–H and O–H groups in total. The molecule has 9 nitrogen and oxygen atoms in total. The van der Waals surface area contributed by atoms with E-state index in [1.165, 1.54) is 11.6 Å². The molecule has 43 heavy (non-hydrogen) atoms. The third-order valence-corrected chi connectivity index (χ3v) is 8.69. The van der Waals surface area contributed by atoms with Crippen molar-refractivity contribution in [1.29, 1.82) is 5.26 Å². The maximum atomic E-state index is 14.3. The lowest BCUT2D eigenvalue weighted by atomic mass is 9.99. The van der Waals surface area contributed by atoms with Gasteiger partial charge in [-0.15, -0.1) is 0 Å². The maximum absolute atomic E-state index is 14.3. The summed E-state index contributed by atoms with van der Waals surface area (Å²) in [6.07, 6.45) is 4.35. The van der Waals surface area contributed by atoms with Gasteiger partial charge in [0.2, 0.25) is 5.88 Å². The van der Waals surface area contributed by atoms with Crippen LogP contribution in [0.4, 0.5) is 4.39 Å². The van der Waals surface area contributed by atoms with E-state index >= 15 is 0 Å². The molecule has 2 aliphatic heterocycles. The van der Waals surface area contributed by atoms with Crippen LogP contribution in [0.3, 0.4) is 0 Å². The molecule has 0 saturated carbocycles. The highest BCUT2D eigenvalue weighted by Crippen LogP contribution is 2.41. The number of likely N-dealkylation sites (tertiary alicyclic amines) is 1. The summed E-state index contributed by atoms with van der Waals surface area (Å²) in [6.45, 7) is 3.99. The summed E-state index contributed by atoms with van der Waals surface area (Å²) < 4.78 is 27.9. The average Bonchev–Trinajstić information content (AvgIpc) is 3.65. The number of nitriles is 1. The molecule has 2 fully saturated rings. The molecule has 0 bridgehead atoms. The molecule has 7 rings (SSSR count). The lowest BCUT2D eigenvalue weighted by molar-refractivity contribution is -0.0591. The van der Waals surface area contributed by atoms with Crippen molar-refractivity contribution in [3.8, 4) is 11.9 Å². The van der Waals surface area contributed by atoms with E-state index in [0.717, 1.165) is 55.1 Å². The monoisotopic (exact) mass is 579 g/mol. The molecule has 4 heterocycles. The molecule has 0 spiro atoms. The van der Waals surface area contributed by atoms with Crippen LogP contribution in [0.2, 0.25) is 0 Å². The molecule has 1 aliphatic carbocycles. The van der Waals surface area contributed by atoms with Gasteiger partial charge in [-0.05, 0) is 66.6 Å². The third kappa shape index (κ3) is 5.49. The number of hydrogen-bond acceptors (Lipinski definition) is 7. The molecule has 2 saturated heterocycles. The van der Waals surface area contributed by atoms with Crippen LogP contribution in [0.15, 0.2) is 60.7 Å². The number of rotatable bonds is 9. The van der Waals surface area contributed by atoms with Crippen LogP contribution in [0, 0.1) is 29.0 Å². The zero-order valence-corrected chi connectivity index (χ0v) is 23.4. The number of pyridine rings is 1. The van der Waals surface area contributed by atoms with Crippen molar-refractivity contribution in [2.24, 2.45) is 11.8 Å². The minimum absolute atomic E-state index is 0.0303. The number of benzene rings is 2. The highest BCUT2D eigenvalue weighted by atomic mass is 19.1. The fraction of sp³-hybridized carbons (Fsp3) is 0.333. The predicted octanol–water partition coefficient (Wildman–Crippen LogP) is 5.04. The van der Waals surface area contributed by atoms with E-state index in [4.69, 9.17) is 24.7 Å². The van der Waals surface area contributed by atoms with Gasteiger partial charge in [0.1, 0.15) is 18.2 Å². The van der Waals surface area contributed by atoms with E-state index < -0.39 is 11.8 Å². The normalized spacial score (nSPS) is 21.3. The summed E-state index contributed by atoms with van der Waals surface area (Å²) >= 11 is 0. The molecule has 3 aliphatic rings. The maximum Gasteiger partial charge on any atom is 0.335 e. The van der Waals surface area contributed by atoms with Crippen LogP contribution < -0.4 is 4.74 Å². The Morgan fingerprint density at radius 2 is 2.05 bits per heavy atom. The number of allylic oxidation sites excluding steroid dienone is 1. The van der Waals surface area contributed by atoms with Crippen LogP contribution >= 0.6 is 0 Å². The summed E-state index contributed by atoms with van der Waals surface area (Å²) in [6, 6.07) is 17.0. The zero-order valence-electron chi connectivity index (χ0n) is 23.4. The second-order valence-corrected chi connectivity index (χ2v) is 11.5. The van der Waals surface area contributed by atoms with Crippen molar-refractivity contribution >= 4 is 22.6 Å². The van der Waals surface area contributed by atoms with Gasteiger partial charge in [-0.25, -0.2) is 19.2 Å². The van der Waals surface area contributed by atoms with Crippen molar-refractivity contribution in [3.05, 3.63) is 94.7 Å². The van der Waals surface area contributed by atoms with Gasteiger partial charge >= 0.3 is 5.97 Å². The SMILES string of the molecule is N#Cc1ccc(COc2cccc(C3=CC4CN(Cc5nc6ccc(C(=O)O)cc6n5C[C@@H]5CCO5)CC4C3)n2)c(F)c1. The van der Waals surface area contributed by atoms with Gasteiger partial charge < -0.3 is 19.1 Å². The summed E-state index contributed by atoms with van der Waals surface area (Å²) in [5.41, 5.74) is 4.60. The molecule has 2 aromatic heterocycles. The lowest BCUT2D eigenvalue weighted by Gasteiger charge is -2.28. The lowest BCUT2D eigenvalue weighted by Crippen LogP contribution is -2.32. The number of halogens is 1. The first-order valence-corrected chi connectivity index (χ1v) is 14.5. The Hall–Kier alpha value is -4.59. The van der Waals surface area contributed by atoms with Crippen LogP contribution in [-0.2, 0) is 24.4 Å². The second-order valence-electron chi connectivity index (χ2n) is 11.5. The summed E-state index contributed by atoms with van der Waals surface area (Å²) in [5, 5.41) is 18.5. The minimum atomic E-state index is -0.946. The van der Waals surface area contributed by atoms with Crippen LogP contribution in [0.1, 0.15) is 45.8 Å². The van der Waals surface area contributed by atoms with Gasteiger partial charge in [0.15, 0.2) is 0 Å².